The lowest BCUT2D eigenvalue weighted by Gasteiger charge is -2.24. The number of rotatable bonds is 9. The predicted molar refractivity (Wildman–Crippen MR) is 157 cm³/mol. The summed E-state index contributed by atoms with van der Waals surface area (Å²) in [6.45, 7) is 8.46. The predicted octanol–water partition coefficient (Wildman–Crippen LogP) is 5.46. The van der Waals surface area contributed by atoms with Crippen molar-refractivity contribution in [3.05, 3.63) is 65.4 Å². The van der Waals surface area contributed by atoms with Gasteiger partial charge in [0.2, 0.25) is 15.9 Å². The third-order valence-electron chi connectivity index (χ3n) is 6.82. The molecule has 208 valence electrons. The number of aliphatic hydroxyl groups excluding tert-OH is 1. The Morgan fingerprint density at radius 1 is 1.08 bits per heavy atom. The van der Waals surface area contributed by atoms with E-state index in [2.05, 4.69) is 24.2 Å². The second kappa shape index (κ2) is 12.6. The van der Waals surface area contributed by atoms with Crippen LogP contribution in [0.3, 0.4) is 0 Å². The minimum absolute atomic E-state index is 0.0177. The van der Waals surface area contributed by atoms with Gasteiger partial charge in [-0.2, -0.15) is 4.31 Å². The SMILES string of the molecule is CCCN(CCC)C(=O)C1=Cc2ccc(-c3cccc(S(=O)(=O)N4CCC=C(O)C4)c3)cc2NC(=NCC)C1. The highest BCUT2D eigenvalue weighted by molar-refractivity contribution is 7.89. The molecule has 2 N–H and O–H groups in total. The first kappa shape index (κ1) is 28.6. The number of carbonyl (C=O) groups excluding carboxylic acids is 1. The Kier molecular flexibility index (Phi) is 9.24. The highest BCUT2D eigenvalue weighted by Crippen LogP contribution is 2.32. The summed E-state index contributed by atoms with van der Waals surface area (Å²) in [6, 6.07) is 12.7. The number of amides is 1. The third kappa shape index (κ3) is 6.59. The van der Waals surface area contributed by atoms with Crippen LogP contribution in [0, 0.1) is 0 Å². The van der Waals surface area contributed by atoms with Crippen LogP contribution in [0.4, 0.5) is 5.69 Å². The van der Waals surface area contributed by atoms with Crippen LogP contribution in [0.15, 0.2) is 69.8 Å². The van der Waals surface area contributed by atoms with E-state index in [0.717, 1.165) is 54.1 Å². The number of hydrogen-bond acceptors (Lipinski definition) is 5. The Morgan fingerprint density at radius 2 is 1.82 bits per heavy atom. The summed E-state index contributed by atoms with van der Waals surface area (Å²) in [5.41, 5.74) is 4.01. The topological polar surface area (TPSA) is 102 Å². The van der Waals surface area contributed by atoms with Crippen LogP contribution >= 0.6 is 0 Å². The summed E-state index contributed by atoms with van der Waals surface area (Å²) in [5, 5.41) is 13.3. The second-order valence-electron chi connectivity index (χ2n) is 9.84. The highest BCUT2D eigenvalue weighted by atomic mass is 32.2. The fourth-order valence-electron chi connectivity index (χ4n) is 4.96. The maximum absolute atomic E-state index is 13.5. The van der Waals surface area contributed by atoms with Crippen LogP contribution in [0.5, 0.6) is 0 Å². The first-order valence-corrected chi connectivity index (χ1v) is 15.1. The summed E-state index contributed by atoms with van der Waals surface area (Å²) >= 11 is 0. The molecule has 0 spiro atoms. The van der Waals surface area contributed by atoms with Gasteiger partial charge in [-0.05, 0) is 73.2 Å². The van der Waals surface area contributed by atoms with Crippen molar-refractivity contribution in [3.63, 3.8) is 0 Å². The molecule has 2 aromatic rings. The van der Waals surface area contributed by atoms with Crippen LogP contribution in [0.25, 0.3) is 17.2 Å². The molecule has 0 saturated heterocycles. The number of amidine groups is 1. The first-order valence-electron chi connectivity index (χ1n) is 13.7. The Hall–Kier alpha value is -3.43. The normalized spacial score (nSPS) is 17.1. The van der Waals surface area contributed by atoms with E-state index < -0.39 is 10.0 Å². The molecule has 0 unspecified atom stereocenters. The number of nitrogens with one attached hydrogen (secondary N) is 1. The van der Waals surface area contributed by atoms with Crippen molar-refractivity contribution >= 4 is 33.5 Å². The van der Waals surface area contributed by atoms with E-state index in [-0.39, 0.29) is 23.1 Å². The van der Waals surface area contributed by atoms with Crippen LogP contribution in [-0.2, 0) is 14.8 Å². The average Bonchev–Trinajstić information content (AvgIpc) is 3.11. The number of aliphatic hydroxyl groups is 1. The summed E-state index contributed by atoms with van der Waals surface area (Å²) < 4.78 is 27.8. The summed E-state index contributed by atoms with van der Waals surface area (Å²) in [5.74, 6) is 0.841. The number of fused-ring (bicyclic) bond motifs is 1. The largest absolute Gasteiger partial charge is 0.511 e. The van der Waals surface area contributed by atoms with Gasteiger partial charge in [0.1, 0.15) is 11.6 Å². The zero-order valence-corrected chi connectivity index (χ0v) is 23.8. The van der Waals surface area contributed by atoms with Gasteiger partial charge in [0.15, 0.2) is 0 Å². The zero-order valence-electron chi connectivity index (χ0n) is 23.0. The van der Waals surface area contributed by atoms with Crippen molar-refractivity contribution in [2.75, 3.05) is 38.0 Å². The molecule has 0 aliphatic carbocycles. The highest BCUT2D eigenvalue weighted by Gasteiger charge is 2.27. The number of nitrogens with zero attached hydrogens (tertiary/aromatic N) is 3. The minimum Gasteiger partial charge on any atom is -0.511 e. The molecule has 2 aliphatic heterocycles. The van der Waals surface area contributed by atoms with Crippen molar-refractivity contribution in [1.82, 2.24) is 9.21 Å². The quantitative estimate of drug-likeness (QED) is 0.432. The summed E-state index contributed by atoms with van der Waals surface area (Å²) in [7, 11) is -3.75. The lowest BCUT2D eigenvalue weighted by molar-refractivity contribution is -0.127. The molecular weight excluding hydrogens is 512 g/mol. The number of anilines is 1. The Morgan fingerprint density at radius 3 is 2.51 bits per heavy atom. The van der Waals surface area contributed by atoms with Crippen LogP contribution in [0.1, 0.15) is 52.0 Å². The Bertz CT molecular complexity index is 1410. The second-order valence-corrected chi connectivity index (χ2v) is 11.8. The summed E-state index contributed by atoms with van der Waals surface area (Å²) in [6.07, 6.45) is 6.30. The maximum Gasteiger partial charge on any atom is 0.250 e. The number of aliphatic imine (C=N–C) groups is 1. The molecule has 0 aromatic heterocycles. The van der Waals surface area contributed by atoms with Crippen molar-refractivity contribution in [2.24, 2.45) is 4.99 Å². The smallest absolute Gasteiger partial charge is 0.250 e. The van der Waals surface area contributed by atoms with E-state index >= 15 is 0 Å². The first-order chi connectivity index (χ1) is 18.8. The van der Waals surface area contributed by atoms with Crippen LogP contribution in [0.2, 0.25) is 0 Å². The van der Waals surface area contributed by atoms with Crippen molar-refractivity contribution in [2.45, 2.75) is 51.3 Å². The van der Waals surface area contributed by atoms with Gasteiger partial charge in [-0.25, -0.2) is 8.42 Å². The molecule has 0 bridgehead atoms. The average molecular weight is 551 g/mol. The van der Waals surface area contributed by atoms with Crippen LogP contribution in [-0.4, -0.2) is 67.2 Å². The van der Waals surface area contributed by atoms with Gasteiger partial charge in [0.05, 0.1) is 11.4 Å². The molecule has 8 nitrogen and oxygen atoms in total. The van der Waals surface area contributed by atoms with Gasteiger partial charge < -0.3 is 15.3 Å². The van der Waals surface area contributed by atoms with Crippen molar-refractivity contribution < 1.29 is 18.3 Å². The van der Waals surface area contributed by atoms with E-state index in [4.69, 9.17) is 0 Å². The number of hydrogen-bond donors (Lipinski definition) is 2. The number of carbonyl (C=O) groups is 1. The van der Waals surface area contributed by atoms with Gasteiger partial charge in [-0.1, -0.05) is 38.1 Å². The Labute approximate surface area is 231 Å². The van der Waals surface area contributed by atoms with E-state index in [1.165, 1.54) is 4.31 Å². The molecule has 0 fully saturated rings. The van der Waals surface area contributed by atoms with Gasteiger partial charge in [-0.3, -0.25) is 9.79 Å². The number of sulfonamides is 1. The monoisotopic (exact) mass is 550 g/mol. The fourth-order valence-corrected chi connectivity index (χ4v) is 6.43. The molecular formula is C30H38N4O4S. The van der Waals surface area contributed by atoms with E-state index in [0.29, 0.717) is 31.5 Å². The number of benzene rings is 2. The molecule has 0 saturated carbocycles. The molecule has 0 radical (unpaired) electrons. The van der Waals surface area contributed by atoms with E-state index in [1.54, 1.807) is 24.3 Å². The third-order valence-corrected chi connectivity index (χ3v) is 8.66. The molecule has 0 atom stereocenters. The molecule has 2 heterocycles. The standard InChI is InChI=1S/C30H38N4O4S/c1-4-14-33(15-5-2)30(36)25-17-24-13-12-23(19-28(24)32-29(20-25)31-6-3)22-9-7-11-27(18-22)39(37,38)34-16-8-10-26(35)21-34/h7,9-13,17-19,35H,4-6,8,14-16,20-21H2,1-3H3,(H,31,32). The molecule has 2 aromatic carbocycles. The molecule has 2 aliphatic rings. The van der Waals surface area contributed by atoms with Gasteiger partial charge in [-0.15, -0.1) is 0 Å². The maximum atomic E-state index is 13.5. The van der Waals surface area contributed by atoms with Crippen molar-refractivity contribution in [1.29, 1.82) is 0 Å². The van der Waals surface area contributed by atoms with E-state index in [1.807, 2.05) is 42.2 Å². The van der Waals surface area contributed by atoms with Crippen LogP contribution < -0.4 is 5.32 Å². The minimum atomic E-state index is -3.75. The molecule has 4 rings (SSSR count). The Balaban J connectivity index is 1.69. The van der Waals surface area contributed by atoms with E-state index in [9.17, 15) is 18.3 Å². The lowest BCUT2D eigenvalue weighted by atomic mass is 10.0. The molecule has 1 amide bonds. The van der Waals surface area contributed by atoms with Crippen molar-refractivity contribution in [3.8, 4) is 11.1 Å². The molecule has 9 heteroatoms. The zero-order chi connectivity index (χ0) is 28.0. The fraction of sp³-hybridized carbons (Fsp3) is 0.400. The van der Waals surface area contributed by atoms with Gasteiger partial charge >= 0.3 is 0 Å². The molecule has 39 heavy (non-hydrogen) atoms. The van der Waals surface area contributed by atoms with Gasteiger partial charge in [0, 0.05) is 43.9 Å². The summed E-state index contributed by atoms with van der Waals surface area (Å²) in [4.78, 5) is 20.2. The lowest BCUT2D eigenvalue weighted by Crippen LogP contribution is -2.35. The van der Waals surface area contributed by atoms with Gasteiger partial charge in [0.25, 0.3) is 0 Å².